The zero-order chi connectivity index (χ0) is 21.8. The van der Waals surface area contributed by atoms with E-state index in [0.717, 1.165) is 46.2 Å². The van der Waals surface area contributed by atoms with Crippen LogP contribution < -0.4 is 11.5 Å². The van der Waals surface area contributed by atoms with Crippen molar-refractivity contribution in [1.29, 1.82) is 0 Å². The maximum absolute atomic E-state index is 8.66. The topological polar surface area (TPSA) is 118 Å². The molecule has 0 saturated heterocycles. The SMILES string of the molecule is Nc1ccc(C2=CCCCC2)nc1.Nc1ccc(I)nc1.OB(O)C1=CCCCC1. The lowest BCUT2D eigenvalue weighted by molar-refractivity contribution is 0.414. The number of nitrogens with two attached hydrogens (primary N) is 2. The molecule has 2 aliphatic carbocycles. The molecule has 4 rings (SSSR count). The second-order valence-corrected chi connectivity index (χ2v) is 8.37. The maximum atomic E-state index is 8.66. The highest BCUT2D eigenvalue weighted by molar-refractivity contribution is 14.1. The molecule has 2 aromatic rings. The van der Waals surface area contributed by atoms with Crippen molar-refractivity contribution in [1.82, 2.24) is 9.97 Å². The van der Waals surface area contributed by atoms with Gasteiger partial charge in [0.2, 0.25) is 0 Å². The fraction of sp³-hybridized carbons (Fsp3) is 0.364. The van der Waals surface area contributed by atoms with Crippen LogP contribution in [0.5, 0.6) is 0 Å². The predicted molar refractivity (Wildman–Crippen MR) is 133 cm³/mol. The van der Waals surface area contributed by atoms with Crippen molar-refractivity contribution in [3.05, 3.63) is 63.7 Å². The molecule has 2 aliphatic rings. The smallest absolute Gasteiger partial charge is 0.423 e. The number of aromatic nitrogens is 2. The molecule has 2 heterocycles. The summed E-state index contributed by atoms with van der Waals surface area (Å²) in [6.45, 7) is 0. The average molecular weight is 520 g/mol. The number of anilines is 2. The molecule has 0 spiro atoms. The van der Waals surface area contributed by atoms with E-state index in [2.05, 4.69) is 38.6 Å². The van der Waals surface area contributed by atoms with E-state index in [9.17, 15) is 0 Å². The van der Waals surface area contributed by atoms with Gasteiger partial charge in [-0.1, -0.05) is 12.2 Å². The van der Waals surface area contributed by atoms with Crippen molar-refractivity contribution in [3.63, 3.8) is 0 Å². The molecule has 160 valence electrons. The third-order valence-corrected chi connectivity index (χ3v) is 5.45. The molecule has 0 fully saturated rings. The zero-order valence-electron chi connectivity index (χ0n) is 17.2. The van der Waals surface area contributed by atoms with E-state index in [1.54, 1.807) is 12.4 Å². The Balaban J connectivity index is 0.000000167. The van der Waals surface area contributed by atoms with Crippen LogP contribution in [0.15, 0.2) is 54.3 Å². The van der Waals surface area contributed by atoms with Crippen molar-refractivity contribution in [2.75, 3.05) is 11.5 Å². The summed E-state index contributed by atoms with van der Waals surface area (Å²) in [7, 11) is -1.20. The van der Waals surface area contributed by atoms with Gasteiger partial charge in [-0.25, -0.2) is 4.98 Å². The van der Waals surface area contributed by atoms with Crippen LogP contribution in [0.3, 0.4) is 0 Å². The summed E-state index contributed by atoms with van der Waals surface area (Å²) >= 11 is 2.13. The number of rotatable bonds is 2. The quantitative estimate of drug-likeness (QED) is 0.265. The summed E-state index contributed by atoms with van der Waals surface area (Å²) in [5, 5.41) is 17.3. The van der Waals surface area contributed by atoms with Gasteiger partial charge in [0.25, 0.3) is 0 Å². The fourth-order valence-electron chi connectivity index (χ4n) is 3.15. The van der Waals surface area contributed by atoms with Crippen LogP contribution in [-0.2, 0) is 0 Å². The summed E-state index contributed by atoms with van der Waals surface area (Å²) in [5.41, 5.74) is 15.6. The highest BCUT2D eigenvalue weighted by atomic mass is 127. The van der Waals surface area contributed by atoms with E-state index in [-0.39, 0.29) is 0 Å². The maximum Gasteiger partial charge on any atom is 0.483 e. The number of nitrogen functional groups attached to an aromatic ring is 2. The summed E-state index contributed by atoms with van der Waals surface area (Å²) < 4.78 is 0.969. The average Bonchev–Trinajstić information content (AvgIpc) is 2.78. The Bertz CT molecular complexity index is 803. The molecule has 0 radical (unpaired) electrons. The van der Waals surface area contributed by atoms with Gasteiger partial charge in [-0.15, -0.1) is 0 Å². The van der Waals surface area contributed by atoms with Crippen molar-refractivity contribution < 1.29 is 10.0 Å². The Kier molecular flexibility index (Phi) is 10.9. The van der Waals surface area contributed by atoms with Gasteiger partial charge >= 0.3 is 7.12 Å². The molecule has 6 N–H and O–H groups in total. The minimum Gasteiger partial charge on any atom is -0.423 e. The van der Waals surface area contributed by atoms with E-state index in [0.29, 0.717) is 5.69 Å². The second kappa shape index (κ2) is 13.4. The van der Waals surface area contributed by atoms with Crippen molar-refractivity contribution in [2.24, 2.45) is 0 Å². The summed E-state index contributed by atoms with van der Waals surface area (Å²) in [6.07, 6.45) is 16.7. The lowest BCUT2D eigenvalue weighted by atomic mass is 9.74. The van der Waals surface area contributed by atoms with Crippen LogP contribution >= 0.6 is 22.6 Å². The lowest BCUT2D eigenvalue weighted by Crippen LogP contribution is -2.16. The van der Waals surface area contributed by atoms with Gasteiger partial charge in [0.05, 0.1) is 29.5 Å². The Morgan fingerprint density at radius 1 is 0.800 bits per heavy atom. The van der Waals surface area contributed by atoms with E-state index in [4.69, 9.17) is 21.5 Å². The van der Waals surface area contributed by atoms with Crippen LogP contribution in [0.1, 0.15) is 57.1 Å². The van der Waals surface area contributed by atoms with E-state index >= 15 is 0 Å². The van der Waals surface area contributed by atoms with Crippen LogP contribution in [0.25, 0.3) is 5.57 Å². The Hall–Kier alpha value is -1.91. The monoisotopic (exact) mass is 520 g/mol. The van der Waals surface area contributed by atoms with Gasteiger partial charge in [0.1, 0.15) is 3.70 Å². The highest BCUT2D eigenvalue weighted by Crippen LogP contribution is 2.25. The lowest BCUT2D eigenvalue weighted by Gasteiger charge is -2.11. The number of nitrogens with zero attached hydrogens (tertiary/aromatic N) is 2. The van der Waals surface area contributed by atoms with Gasteiger partial charge < -0.3 is 21.5 Å². The first-order chi connectivity index (χ1) is 14.5. The predicted octanol–water partition coefficient (Wildman–Crippen LogP) is 4.39. The first-order valence-electron chi connectivity index (χ1n) is 10.3. The molecule has 0 bridgehead atoms. The molecule has 0 aliphatic heterocycles. The van der Waals surface area contributed by atoms with E-state index in [1.165, 1.54) is 31.3 Å². The van der Waals surface area contributed by atoms with Crippen molar-refractivity contribution in [3.8, 4) is 0 Å². The van der Waals surface area contributed by atoms with Crippen LogP contribution in [0, 0.1) is 3.70 Å². The normalized spacial score (nSPS) is 15.4. The van der Waals surface area contributed by atoms with Crippen LogP contribution in [-0.4, -0.2) is 27.1 Å². The molecule has 0 amide bonds. The Morgan fingerprint density at radius 3 is 1.83 bits per heavy atom. The Labute approximate surface area is 192 Å². The summed E-state index contributed by atoms with van der Waals surface area (Å²) in [6, 6.07) is 7.62. The minimum absolute atomic E-state index is 0.713. The molecular weight excluding hydrogens is 490 g/mol. The van der Waals surface area contributed by atoms with Gasteiger partial charge in [0.15, 0.2) is 0 Å². The van der Waals surface area contributed by atoms with Crippen molar-refractivity contribution >= 4 is 46.7 Å². The van der Waals surface area contributed by atoms with E-state index in [1.807, 2.05) is 30.3 Å². The number of allylic oxidation sites excluding steroid dienone is 4. The standard InChI is InChI=1S/C11H14N2.C6H11BO2.C5H5IN2/c12-10-6-7-11(13-8-10)9-4-2-1-3-5-9;8-7(9)6-4-2-1-3-5-6;6-5-2-1-4(7)3-8-5/h4,6-8H,1-3,5,12H2;4,8-9H,1-3,5H2;1-3H,7H2. The summed E-state index contributed by atoms with van der Waals surface area (Å²) in [4.78, 5) is 8.25. The molecule has 0 atom stereocenters. The van der Waals surface area contributed by atoms with Crippen molar-refractivity contribution in [2.45, 2.75) is 51.4 Å². The molecule has 0 unspecified atom stereocenters. The molecule has 6 nitrogen and oxygen atoms in total. The fourth-order valence-corrected chi connectivity index (χ4v) is 3.47. The first-order valence-corrected chi connectivity index (χ1v) is 11.4. The second-order valence-electron chi connectivity index (χ2n) is 7.26. The first kappa shape index (κ1) is 24.4. The zero-order valence-corrected chi connectivity index (χ0v) is 19.3. The van der Waals surface area contributed by atoms with Gasteiger partial charge in [0, 0.05) is 0 Å². The number of hydrogen-bond acceptors (Lipinski definition) is 6. The summed E-state index contributed by atoms with van der Waals surface area (Å²) in [5.74, 6) is 0. The van der Waals surface area contributed by atoms with Gasteiger partial charge in [-0.2, -0.15) is 0 Å². The number of hydrogen-bond donors (Lipinski definition) is 4. The third kappa shape index (κ3) is 9.27. The minimum atomic E-state index is -1.20. The van der Waals surface area contributed by atoms with Crippen LogP contribution in [0.4, 0.5) is 11.4 Å². The molecular formula is C22H30BIN4O2. The Morgan fingerprint density at radius 2 is 1.43 bits per heavy atom. The highest BCUT2D eigenvalue weighted by Gasteiger charge is 2.15. The molecule has 8 heteroatoms. The van der Waals surface area contributed by atoms with Gasteiger partial charge in [-0.05, 0) is 109 Å². The molecule has 2 aromatic heterocycles. The molecule has 0 aromatic carbocycles. The molecule has 30 heavy (non-hydrogen) atoms. The van der Waals surface area contributed by atoms with Gasteiger partial charge in [-0.3, -0.25) is 4.98 Å². The number of halogens is 1. The van der Waals surface area contributed by atoms with E-state index < -0.39 is 7.12 Å². The van der Waals surface area contributed by atoms with Crippen LogP contribution in [0.2, 0.25) is 0 Å². The number of pyridine rings is 2. The largest absolute Gasteiger partial charge is 0.483 e. The molecule has 0 saturated carbocycles. The third-order valence-electron chi connectivity index (χ3n) is 4.81.